The fraction of sp³-hybridized carbons (Fsp3) is 0.267. The highest BCUT2D eigenvalue weighted by Gasteiger charge is 2.10. The van der Waals surface area contributed by atoms with E-state index < -0.39 is 11.6 Å². The first kappa shape index (κ1) is 14.6. The smallest absolute Gasteiger partial charge is 0.130 e. The molecular weight excluding hydrogens is 262 g/mol. The molecule has 0 saturated carbocycles. The van der Waals surface area contributed by atoms with Crippen LogP contribution in [-0.2, 0) is 13.1 Å². The number of aromatic nitrogens is 1. The van der Waals surface area contributed by atoms with Gasteiger partial charge in [0.25, 0.3) is 0 Å². The van der Waals surface area contributed by atoms with Gasteiger partial charge in [-0.25, -0.2) is 8.78 Å². The third kappa shape index (κ3) is 4.08. The minimum absolute atomic E-state index is 0.0247. The molecule has 0 unspecified atom stereocenters. The Morgan fingerprint density at radius 2 is 2.00 bits per heavy atom. The summed E-state index contributed by atoms with van der Waals surface area (Å²) in [7, 11) is 0. The van der Waals surface area contributed by atoms with Crippen molar-refractivity contribution < 1.29 is 13.9 Å². The SMILES string of the molecule is OCCN(Cc1cccnc1)Cc1ccc(F)cc1F. The first-order valence-electron chi connectivity index (χ1n) is 6.35. The van der Waals surface area contributed by atoms with E-state index in [0.29, 0.717) is 25.2 Å². The first-order valence-corrected chi connectivity index (χ1v) is 6.35. The monoisotopic (exact) mass is 278 g/mol. The Bertz CT molecular complexity index is 549. The lowest BCUT2D eigenvalue weighted by Crippen LogP contribution is -2.26. The Kier molecular flexibility index (Phi) is 5.15. The van der Waals surface area contributed by atoms with Crippen molar-refractivity contribution in [3.8, 4) is 0 Å². The van der Waals surface area contributed by atoms with Crippen LogP contribution in [0.2, 0.25) is 0 Å². The van der Waals surface area contributed by atoms with E-state index in [2.05, 4.69) is 4.98 Å². The van der Waals surface area contributed by atoms with Crippen LogP contribution in [-0.4, -0.2) is 28.1 Å². The predicted molar refractivity (Wildman–Crippen MR) is 71.8 cm³/mol. The number of hydrogen-bond donors (Lipinski definition) is 1. The number of aliphatic hydroxyl groups is 1. The number of rotatable bonds is 6. The van der Waals surface area contributed by atoms with Crippen molar-refractivity contribution in [3.05, 3.63) is 65.5 Å². The van der Waals surface area contributed by atoms with E-state index in [4.69, 9.17) is 5.11 Å². The Morgan fingerprint density at radius 1 is 1.15 bits per heavy atom. The first-order chi connectivity index (χ1) is 9.69. The summed E-state index contributed by atoms with van der Waals surface area (Å²) in [4.78, 5) is 5.90. The minimum atomic E-state index is -0.591. The molecule has 3 nitrogen and oxygen atoms in total. The molecule has 0 radical (unpaired) electrons. The maximum atomic E-state index is 13.6. The van der Waals surface area contributed by atoms with Crippen molar-refractivity contribution in [3.63, 3.8) is 0 Å². The summed E-state index contributed by atoms with van der Waals surface area (Å²) in [6, 6.07) is 7.28. The summed E-state index contributed by atoms with van der Waals surface area (Å²) in [5, 5.41) is 9.10. The van der Waals surface area contributed by atoms with Crippen molar-refractivity contribution in [2.45, 2.75) is 13.1 Å². The molecule has 1 heterocycles. The fourth-order valence-corrected chi connectivity index (χ4v) is 2.00. The molecule has 0 bridgehead atoms. The molecule has 0 atom stereocenters. The molecule has 0 aliphatic carbocycles. The number of halogens is 2. The van der Waals surface area contributed by atoms with Gasteiger partial charge in [0.1, 0.15) is 11.6 Å². The highest BCUT2D eigenvalue weighted by molar-refractivity contribution is 5.19. The van der Waals surface area contributed by atoms with Crippen molar-refractivity contribution >= 4 is 0 Å². The van der Waals surface area contributed by atoms with Gasteiger partial charge >= 0.3 is 0 Å². The number of aliphatic hydroxyl groups excluding tert-OH is 1. The van der Waals surface area contributed by atoms with E-state index in [1.54, 1.807) is 12.4 Å². The van der Waals surface area contributed by atoms with E-state index in [-0.39, 0.29) is 6.61 Å². The molecule has 2 rings (SSSR count). The van der Waals surface area contributed by atoms with Crippen LogP contribution in [0.5, 0.6) is 0 Å². The summed E-state index contributed by atoms with van der Waals surface area (Å²) in [5.74, 6) is -1.16. The zero-order valence-electron chi connectivity index (χ0n) is 11.0. The average Bonchev–Trinajstić information content (AvgIpc) is 2.43. The summed E-state index contributed by atoms with van der Waals surface area (Å²) >= 11 is 0. The van der Waals surface area contributed by atoms with E-state index in [1.165, 1.54) is 12.1 Å². The van der Waals surface area contributed by atoms with Crippen LogP contribution in [0.25, 0.3) is 0 Å². The lowest BCUT2D eigenvalue weighted by molar-refractivity contribution is 0.182. The molecule has 0 aliphatic heterocycles. The zero-order chi connectivity index (χ0) is 14.4. The van der Waals surface area contributed by atoms with Crippen LogP contribution in [0.4, 0.5) is 8.78 Å². The standard InChI is InChI=1S/C15H16F2N2O/c16-14-4-3-13(15(17)8-14)11-19(6-7-20)10-12-2-1-5-18-9-12/h1-5,8-9,20H,6-7,10-11H2. The van der Waals surface area contributed by atoms with Gasteiger partial charge in [0.05, 0.1) is 6.61 Å². The second-order valence-electron chi connectivity index (χ2n) is 4.53. The van der Waals surface area contributed by atoms with Gasteiger partial charge in [-0.3, -0.25) is 9.88 Å². The number of nitrogens with zero attached hydrogens (tertiary/aromatic N) is 2. The van der Waals surface area contributed by atoms with Crippen molar-refractivity contribution in [2.75, 3.05) is 13.2 Å². The summed E-state index contributed by atoms with van der Waals surface area (Å²) in [6.45, 7) is 1.24. The quantitative estimate of drug-likeness (QED) is 0.881. The normalized spacial score (nSPS) is 11.0. The minimum Gasteiger partial charge on any atom is -0.395 e. The predicted octanol–water partition coefficient (Wildman–Crippen LogP) is 2.35. The topological polar surface area (TPSA) is 36.4 Å². The number of hydrogen-bond acceptors (Lipinski definition) is 3. The highest BCUT2D eigenvalue weighted by atomic mass is 19.1. The molecule has 2 aromatic rings. The van der Waals surface area contributed by atoms with Gasteiger partial charge in [0.15, 0.2) is 0 Å². The van der Waals surface area contributed by atoms with Crippen LogP contribution < -0.4 is 0 Å². The van der Waals surface area contributed by atoms with Gasteiger partial charge in [-0.15, -0.1) is 0 Å². The molecular formula is C15H16F2N2O. The summed E-state index contributed by atoms with van der Waals surface area (Å²) < 4.78 is 26.5. The lowest BCUT2D eigenvalue weighted by Gasteiger charge is -2.21. The summed E-state index contributed by atoms with van der Waals surface area (Å²) in [6.07, 6.45) is 3.41. The third-order valence-electron chi connectivity index (χ3n) is 2.95. The Morgan fingerprint density at radius 3 is 2.65 bits per heavy atom. The molecule has 0 fully saturated rings. The summed E-state index contributed by atoms with van der Waals surface area (Å²) in [5.41, 5.74) is 1.38. The van der Waals surface area contributed by atoms with E-state index in [9.17, 15) is 8.78 Å². The molecule has 0 aliphatic rings. The highest BCUT2D eigenvalue weighted by Crippen LogP contribution is 2.14. The van der Waals surface area contributed by atoms with E-state index in [0.717, 1.165) is 11.6 Å². The zero-order valence-corrected chi connectivity index (χ0v) is 11.0. The van der Waals surface area contributed by atoms with Crippen LogP contribution in [0.1, 0.15) is 11.1 Å². The van der Waals surface area contributed by atoms with Gasteiger partial charge in [-0.05, 0) is 17.7 Å². The van der Waals surface area contributed by atoms with Gasteiger partial charge in [-0.1, -0.05) is 12.1 Å². The number of pyridine rings is 1. The Labute approximate surface area is 116 Å². The third-order valence-corrected chi connectivity index (χ3v) is 2.95. The van der Waals surface area contributed by atoms with Crippen LogP contribution in [0.3, 0.4) is 0 Å². The average molecular weight is 278 g/mol. The molecule has 1 N–H and O–H groups in total. The number of benzene rings is 1. The Balaban J connectivity index is 2.09. The van der Waals surface area contributed by atoms with Crippen molar-refractivity contribution in [1.82, 2.24) is 9.88 Å². The molecule has 0 saturated heterocycles. The van der Waals surface area contributed by atoms with Gasteiger partial charge in [-0.2, -0.15) is 0 Å². The van der Waals surface area contributed by atoms with Crippen LogP contribution in [0.15, 0.2) is 42.7 Å². The molecule has 106 valence electrons. The molecule has 20 heavy (non-hydrogen) atoms. The van der Waals surface area contributed by atoms with Crippen LogP contribution >= 0.6 is 0 Å². The Hall–Kier alpha value is -1.85. The molecule has 1 aromatic heterocycles. The van der Waals surface area contributed by atoms with Crippen molar-refractivity contribution in [2.24, 2.45) is 0 Å². The molecule has 5 heteroatoms. The second-order valence-corrected chi connectivity index (χ2v) is 4.53. The van der Waals surface area contributed by atoms with Crippen molar-refractivity contribution in [1.29, 1.82) is 0 Å². The maximum absolute atomic E-state index is 13.6. The maximum Gasteiger partial charge on any atom is 0.130 e. The van der Waals surface area contributed by atoms with Gasteiger partial charge < -0.3 is 5.11 Å². The van der Waals surface area contributed by atoms with Gasteiger partial charge in [0, 0.05) is 43.7 Å². The fourth-order valence-electron chi connectivity index (χ4n) is 2.00. The lowest BCUT2D eigenvalue weighted by atomic mass is 10.1. The second kappa shape index (κ2) is 7.07. The van der Waals surface area contributed by atoms with E-state index >= 15 is 0 Å². The molecule has 1 aromatic carbocycles. The van der Waals surface area contributed by atoms with Gasteiger partial charge in [0.2, 0.25) is 0 Å². The van der Waals surface area contributed by atoms with E-state index in [1.807, 2.05) is 17.0 Å². The molecule has 0 amide bonds. The van der Waals surface area contributed by atoms with Crippen LogP contribution in [0, 0.1) is 11.6 Å². The largest absolute Gasteiger partial charge is 0.395 e. The molecule has 0 spiro atoms.